The molecule has 0 radical (unpaired) electrons. The van der Waals surface area contributed by atoms with Crippen LogP contribution in [-0.2, 0) is 6.54 Å². The van der Waals surface area contributed by atoms with Crippen molar-refractivity contribution in [2.24, 2.45) is 0 Å². The Labute approximate surface area is 119 Å². The summed E-state index contributed by atoms with van der Waals surface area (Å²) in [6.07, 6.45) is 1.59. The second kappa shape index (κ2) is 5.05. The number of benzene rings is 1. The quantitative estimate of drug-likeness (QED) is 0.748. The summed E-state index contributed by atoms with van der Waals surface area (Å²) in [6.45, 7) is 2.31. The maximum absolute atomic E-state index is 14.0. The van der Waals surface area contributed by atoms with Gasteiger partial charge in [0.25, 0.3) is 0 Å². The fraction of sp³-hybridized carbons (Fsp3) is 0.143. The van der Waals surface area contributed by atoms with Crippen LogP contribution < -0.4 is 0 Å². The number of rotatable bonds is 3. The van der Waals surface area contributed by atoms with Crippen molar-refractivity contribution in [3.05, 3.63) is 58.5 Å². The number of nitrogens with one attached hydrogen (secondary N) is 1. The Hall–Kier alpha value is -2.21. The van der Waals surface area contributed by atoms with E-state index in [1.54, 1.807) is 29.0 Å². The summed E-state index contributed by atoms with van der Waals surface area (Å²) >= 11 is 5.20. The van der Waals surface area contributed by atoms with Gasteiger partial charge >= 0.3 is 0 Å². The topological polar surface area (TPSA) is 46.8 Å². The van der Waals surface area contributed by atoms with E-state index in [0.29, 0.717) is 22.7 Å². The van der Waals surface area contributed by atoms with Crippen LogP contribution in [0.3, 0.4) is 0 Å². The van der Waals surface area contributed by atoms with Crippen molar-refractivity contribution in [3.8, 4) is 11.4 Å². The standard InChI is InChI=1S/C14H12FN3OS/c1-9-4-5-12(15)11(7-9)13-16-17-14(20)18(13)8-10-3-2-6-19-10/h2-7H,8H2,1H3,(H,17,20). The van der Waals surface area contributed by atoms with Gasteiger partial charge in [0.15, 0.2) is 10.6 Å². The van der Waals surface area contributed by atoms with E-state index >= 15 is 0 Å². The van der Waals surface area contributed by atoms with Crippen molar-refractivity contribution in [1.82, 2.24) is 14.8 Å². The van der Waals surface area contributed by atoms with Gasteiger partial charge in [-0.25, -0.2) is 4.39 Å². The van der Waals surface area contributed by atoms with Crippen LogP contribution >= 0.6 is 12.2 Å². The summed E-state index contributed by atoms with van der Waals surface area (Å²) in [7, 11) is 0. The van der Waals surface area contributed by atoms with Crippen molar-refractivity contribution >= 4 is 12.2 Å². The smallest absolute Gasteiger partial charge is 0.195 e. The highest BCUT2D eigenvalue weighted by Crippen LogP contribution is 2.23. The van der Waals surface area contributed by atoms with Crippen molar-refractivity contribution in [3.63, 3.8) is 0 Å². The molecule has 0 unspecified atom stereocenters. The normalized spacial score (nSPS) is 10.9. The number of hydrogen-bond acceptors (Lipinski definition) is 3. The van der Waals surface area contributed by atoms with E-state index in [1.165, 1.54) is 6.07 Å². The monoisotopic (exact) mass is 289 g/mol. The Balaban J connectivity index is 2.11. The molecule has 102 valence electrons. The molecule has 3 aromatic rings. The molecule has 1 aromatic carbocycles. The van der Waals surface area contributed by atoms with E-state index in [4.69, 9.17) is 16.6 Å². The molecule has 2 aromatic heterocycles. The summed E-state index contributed by atoms with van der Waals surface area (Å²) in [5, 5.41) is 6.83. The molecular weight excluding hydrogens is 277 g/mol. The maximum Gasteiger partial charge on any atom is 0.195 e. The first kappa shape index (κ1) is 12.8. The highest BCUT2D eigenvalue weighted by molar-refractivity contribution is 7.71. The summed E-state index contributed by atoms with van der Waals surface area (Å²) in [5.74, 6) is 0.870. The lowest BCUT2D eigenvalue weighted by atomic mass is 10.1. The van der Waals surface area contributed by atoms with Crippen LogP contribution in [0.1, 0.15) is 11.3 Å². The lowest BCUT2D eigenvalue weighted by Gasteiger charge is -2.07. The molecule has 0 fully saturated rings. The minimum atomic E-state index is -0.328. The molecule has 0 spiro atoms. The van der Waals surface area contributed by atoms with Gasteiger partial charge in [-0.2, -0.15) is 5.10 Å². The van der Waals surface area contributed by atoms with Gasteiger partial charge in [-0.3, -0.25) is 9.67 Å². The zero-order valence-corrected chi connectivity index (χ0v) is 11.6. The lowest BCUT2D eigenvalue weighted by molar-refractivity contribution is 0.492. The molecular formula is C14H12FN3OS. The van der Waals surface area contributed by atoms with E-state index in [-0.39, 0.29) is 5.82 Å². The molecule has 0 bridgehead atoms. The fourth-order valence-electron chi connectivity index (χ4n) is 2.04. The van der Waals surface area contributed by atoms with Crippen LogP contribution in [0, 0.1) is 17.5 Å². The molecule has 2 heterocycles. The molecule has 0 saturated heterocycles. The lowest BCUT2D eigenvalue weighted by Crippen LogP contribution is -2.03. The van der Waals surface area contributed by atoms with Gasteiger partial charge in [-0.05, 0) is 43.4 Å². The second-order valence-electron chi connectivity index (χ2n) is 4.50. The molecule has 0 amide bonds. The van der Waals surface area contributed by atoms with E-state index in [2.05, 4.69) is 10.2 Å². The minimum absolute atomic E-state index is 0.328. The Morgan fingerprint density at radius 2 is 2.25 bits per heavy atom. The van der Waals surface area contributed by atoms with Gasteiger partial charge in [0.1, 0.15) is 11.6 Å². The Morgan fingerprint density at radius 3 is 3.00 bits per heavy atom. The molecule has 20 heavy (non-hydrogen) atoms. The minimum Gasteiger partial charge on any atom is -0.467 e. The Kier molecular flexibility index (Phi) is 3.23. The van der Waals surface area contributed by atoms with Gasteiger partial charge < -0.3 is 4.42 Å². The number of hydrogen-bond donors (Lipinski definition) is 1. The number of aryl methyl sites for hydroxylation is 1. The maximum atomic E-state index is 14.0. The number of nitrogens with zero attached hydrogens (tertiary/aromatic N) is 2. The van der Waals surface area contributed by atoms with Gasteiger partial charge in [-0.15, -0.1) is 0 Å². The largest absolute Gasteiger partial charge is 0.467 e. The van der Waals surface area contributed by atoms with Crippen LogP contribution in [-0.4, -0.2) is 14.8 Å². The van der Waals surface area contributed by atoms with Crippen LogP contribution in [0.25, 0.3) is 11.4 Å². The van der Waals surface area contributed by atoms with Crippen molar-refractivity contribution in [2.75, 3.05) is 0 Å². The third kappa shape index (κ3) is 2.30. The molecule has 6 heteroatoms. The van der Waals surface area contributed by atoms with Crippen molar-refractivity contribution in [1.29, 1.82) is 0 Å². The summed E-state index contributed by atoms with van der Waals surface area (Å²) in [4.78, 5) is 0. The second-order valence-corrected chi connectivity index (χ2v) is 4.89. The predicted molar refractivity (Wildman–Crippen MR) is 75.4 cm³/mol. The number of furan rings is 1. The van der Waals surface area contributed by atoms with Gasteiger partial charge in [0.05, 0.1) is 18.4 Å². The van der Waals surface area contributed by atoms with Crippen LogP contribution in [0.15, 0.2) is 41.0 Å². The summed E-state index contributed by atoms with van der Waals surface area (Å²) in [6, 6.07) is 8.53. The van der Waals surface area contributed by atoms with E-state index in [1.807, 2.05) is 13.0 Å². The molecule has 0 aliphatic rings. The fourth-order valence-corrected chi connectivity index (χ4v) is 2.24. The zero-order valence-electron chi connectivity index (χ0n) is 10.8. The third-order valence-corrected chi connectivity index (χ3v) is 3.33. The summed E-state index contributed by atoms with van der Waals surface area (Å²) < 4.78 is 21.4. The first-order chi connectivity index (χ1) is 9.65. The molecule has 1 N–H and O–H groups in total. The van der Waals surface area contributed by atoms with Crippen LogP contribution in [0.2, 0.25) is 0 Å². The van der Waals surface area contributed by atoms with Crippen molar-refractivity contribution in [2.45, 2.75) is 13.5 Å². The van der Waals surface area contributed by atoms with E-state index in [0.717, 1.165) is 11.3 Å². The Morgan fingerprint density at radius 1 is 1.40 bits per heavy atom. The first-order valence-corrected chi connectivity index (χ1v) is 6.50. The molecule has 4 nitrogen and oxygen atoms in total. The first-order valence-electron chi connectivity index (χ1n) is 6.09. The predicted octanol–water partition coefficient (Wildman–Crippen LogP) is 3.70. The number of aromatic amines is 1. The van der Waals surface area contributed by atoms with E-state index in [9.17, 15) is 4.39 Å². The summed E-state index contributed by atoms with van der Waals surface area (Å²) in [5.41, 5.74) is 1.38. The SMILES string of the molecule is Cc1ccc(F)c(-c2n[nH]c(=S)n2Cc2ccco2)c1. The van der Waals surface area contributed by atoms with Gasteiger partial charge in [0.2, 0.25) is 0 Å². The van der Waals surface area contributed by atoms with Crippen molar-refractivity contribution < 1.29 is 8.81 Å². The molecule has 0 saturated carbocycles. The molecule has 0 aliphatic heterocycles. The van der Waals surface area contributed by atoms with Crippen LogP contribution in [0.4, 0.5) is 4.39 Å². The van der Waals surface area contributed by atoms with Crippen LogP contribution in [0.5, 0.6) is 0 Å². The number of aromatic nitrogens is 3. The van der Waals surface area contributed by atoms with E-state index < -0.39 is 0 Å². The van der Waals surface area contributed by atoms with Gasteiger partial charge in [-0.1, -0.05) is 11.6 Å². The zero-order chi connectivity index (χ0) is 14.1. The Bertz CT molecular complexity index is 789. The highest BCUT2D eigenvalue weighted by Gasteiger charge is 2.14. The third-order valence-electron chi connectivity index (χ3n) is 3.02. The highest BCUT2D eigenvalue weighted by atomic mass is 32.1. The van der Waals surface area contributed by atoms with Gasteiger partial charge in [0, 0.05) is 0 Å². The molecule has 0 aliphatic carbocycles. The average Bonchev–Trinajstić information content (AvgIpc) is 3.05. The number of H-pyrrole nitrogens is 1. The average molecular weight is 289 g/mol. The molecule has 0 atom stereocenters. The molecule has 3 rings (SSSR count). The number of halogens is 1.